The van der Waals surface area contributed by atoms with E-state index >= 15 is 0 Å². The minimum absolute atomic E-state index is 0.0675. The van der Waals surface area contributed by atoms with E-state index in [-0.39, 0.29) is 23.5 Å². The van der Waals surface area contributed by atoms with Crippen LogP contribution in [0.15, 0.2) is 49.1 Å². The number of benzene rings is 1. The Morgan fingerprint density at radius 1 is 1.00 bits per heavy atom. The van der Waals surface area contributed by atoms with Gasteiger partial charge in [0.15, 0.2) is 0 Å². The molecule has 4 heterocycles. The fraction of sp³-hybridized carbons (Fsp3) is 0.606. The second-order valence-corrected chi connectivity index (χ2v) is 14.0. The van der Waals surface area contributed by atoms with E-state index in [1.807, 2.05) is 26.2 Å². The summed E-state index contributed by atoms with van der Waals surface area (Å²) in [5.41, 5.74) is 2.95. The van der Waals surface area contributed by atoms with Gasteiger partial charge in [0.1, 0.15) is 17.7 Å². The third-order valence-electron chi connectivity index (χ3n) is 8.52. The van der Waals surface area contributed by atoms with Gasteiger partial charge in [0.25, 0.3) is 0 Å². The van der Waals surface area contributed by atoms with Crippen LogP contribution in [0.4, 0.5) is 0 Å². The van der Waals surface area contributed by atoms with Gasteiger partial charge in [-0.05, 0) is 68.2 Å². The molecule has 0 radical (unpaired) electrons. The normalized spacial score (nSPS) is 19.7. The summed E-state index contributed by atoms with van der Waals surface area (Å²) in [7, 11) is 0. The molecule has 3 aromatic rings. The number of ether oxygens (including phenoxy) is 1. The predicted octanol–water partition coefficient (Wildman–Crippen LogP) is 4.99. The largest absolute Gasteiger partial charge is 0.462 e. The Kier molecular flexibility index (Phi) is 9.50. The van der Waals surface area contributed by atoms with Gasteiger partial charge >= 0.3 is 5.97 Å². The molecule has 2 N–H and O–H groups in total. The van der Waals surface area contributed by atoms with Crippen LogP contribution in [0.25, 0.3) is 0 Å². The summed E-state index contributed by atoms with van der Waals surface area (Å²) in [5, 5.41) is 0. The zero-order chi connectivity index (χ0) is 29.7. The Hall–Kier alpha value is -3.01. The molecule has 1 atom stereocenters. The molecule has 42 heavy (non-hydrogen) atoms. The summed E-state index contributed by atoms with van der Waals surface area (Å²) in [6.07, 6.45) is 10.4. The molecule has 1 aromatic carbocycles. The molecule has 9 heteroatoms. The number of H-pyrrole nitrogens is 2. The number of likely N-dealkylation sites (tertiary alicyclic amines) is 2. The lowest BCUT2D eigenvalue weighted by atomic mass is 9.76. The van der Waals surface area contributed by atoms with Gasteiger partial charge in [0, 0.05) is 51.0 Å². The van der Waals surface area contributed by atoms with Crippen molar-refractivity contribution in [2.24, 2.45) is 10.8 Å². The quantitative estimate of drug-likeness (QED) is 0.311. The lowest BCUT2D eigenvalue weighted by molar-refractivity contribution is -0.153. The van der Waals surface area contributed by atoms with Crippen molar-refractivity contribution < 1.29 is 9.53 Å². The zero-order valence-electron chi connectivity index (χ0n) is 26.1. The molecule has 9 nitrogen and oxygen atoms in total. The number of rotatable bonds is 11. The molecule has 2 aliphatic rings. The van der Waals surface area contributed by atoms with Crippen molar-refractivity contribution in [3.63, 3.8) is 0 Å². The molecule has 2 saturated heterocycles. The van der Waals surface area contributed by atoms with E-state index in [4.69, 9.17) is 4.74 Å². The predicted molar refractivity (Wildman–Crippen MR) is 164 cm³/mol. The smallest absolute Gasteiger partial charge is 0.323 e. The van der Waals surface area contributed by atoms with Crippen LogP contribution in [0.1, 0.15) is 76.7 Å². The van der Waals surface area contributed by atoms with Gasteiger partial charge in [0.05, 0.1) is 19.2 Å². The van der Waals surface area contributed by atoms with E-state index in [0.717, 1.165) is 70.2 Å². The highest BCUT2D eigenvalue weighted by molar-refractivity contribution is 5.76. The molecular formula is C33H49N7O2. The van der Waals surface area contributed by atoms with Crippen molar-refractivity contribution in [1.82, 2.24) is 34.6 Å². The Bertz CT molecular complexity index is 1200. The van der Waals surface area contributed by atoms with Crippen molar-refractivity contribution in [2.75, 3.05) is 26.2 Å². The van der Waals surface area contributed by atoms with Gasteiger partial charge < -0.3 is 19.6 Å². The summed E-state index contributed by atoms with van der Waals surface area (Å²) >= 11 is 0. The van der Waals surface area contributed by atoms with E-state index in [1.165, 1.54) is 11.1 Å². The number of piperidine rings is 1. The zero-order valence-corrected chi connectivity index (χ0v) is 26.1. The molecule has 2 aromatic heterocycles. The van der Waals surface area contributed by atoms with E-state index in [0.29, 0.717) is 18.5 Å². The number of imidazole rings is 2. The van der Waals surface area contributed by atoms with E-state index < -0.39 is 0 Å². The standard InChI is InChI=1S/C33H49N7O2/c1-25(2)42-31(41)28-18-33(10-16-38(17-11-33)23-32(3,4)5)24-40(28)20-27-8-6-26(7-9-27)19-39(21-29-34-12-13-35-29)22-30-36-14-15-37-30/h6-9,12-15,25,28H,10-11,16-24H2,1-5H3,(H,34,35)(H,36,37)/t28-/m0/s1. The Labute approximate surface area is 251 Å². The van der Waals surface area contributed by atoms with Gasteiger partial charge in [0.2, 0.25) is 0 Å². The highest BCUT2D eigenvalue weighted by Crippen LogP contribution is 2.44. The van der Waals surface area contributed by atoms with Crippen molar-refractivity contribution in [3.05, 3.63) is 71.8 Å². The summed E-state index contributed by atoms with van der Waals surface area (Å²) in [4.78, 5) is 35.9. The number of nitrogens with zero attached hydrogens (tertiary/aromatic N) is 5. The Balaban J connectivity index is 1.24. The van der Waals surface area contributed by atoms with Gasteiger partial charge in [-0.25, -0.2) is 9.97 Å². The SMILES string of the molecule is CC(C)OC(=O)[C@@H]1CC2(CCN(CC(C)(C)C)CC2)CN1Cc1ccc(CN(Cc2ncc[nH]2)Cc2ncc[nH]2)cc1. The monoisotopic (exact) mass is 575 g/mol. The third-order valence-corrected chi connectivity index (χ3v) is 8.52. The van der Waals surface area contributed by atoms with Crippen LogP contribution in [0.2, 0.25) is 0 Å². The minimum Gasteiger partial charge on any atom is -0.462 e. The molecule has 0 unspecified atom stereocenters. The molecule has 2 fully saturated rings. The molecule has 2 aliphatic heterocycles. The van der Waals surface area contributed by atoms with E-state index in [1.54, 1.807) is 12.4 Å². The van der Waals surface area contributed by atoms with Crippen molar-refractivity contribution in [1.29, 1.82) is 0 Å². The number of esters is 1. The highest BCUT2D eigenvalue weighted by Gasteiger charge is 2.48. The van der Waals surface area contributed by atoms with Gasteiger partial charge in [-0.15, -0.1) is 0 Å². The maximum absolute atomic E-state index is 13.3. The average Bonchev–Trinajstić information content (AvgIpc) is 3.69. The molecule has 5 rings (SSSR count). The van der Waals surface area contributed by atoms with Crippen LogP contribution in [0.3, 0.4) is 0 Å². The van der Waals surface area contributed by atoms with Crippen molar-refractivity contribution in [3.8, 4) is 0 Å². The number of carbonyl (C=O) groups excluding carboxylic acids is 1. The molecule has 228 valence electrons. The number of carbonyl (C=O) groups is 1. The van der Waals surface area contributed by atoms with Crippen molar-refractivity contribution >= 4 is 5.97 Å². The molecular weight excluding hydrogens is 526 g/mol. The van der Waals surface area contributed by atoms with Gasteiger partial charge in [-0.1, -0.05) is 45.0 Å². The Morgan fingerprint density at radius 2 is 1.60 bits per heavy atom. The first-order valence-corrected chi connectivity index (χ1v) is 15.5. The molecule has 0 saturated carbocycles. The number of aromatic nitrogens is 4. The summed E-state index contributed by atoms with van der Waals surface area (Å²) in [6.45, 7) is 18.1. The second kappa shape index (κ2) is 13.1. The first-order chi connectivity index (χ1) is 20.1. The maximum atomic E-state index is 13.3. The number of nitrogens with one attached hydrogen (secondary N) is 2. The molecule has 1 spiro atoms. The molecule has 0 amide bonds. The fourth-order valence-electron chi connectivity index (χ4n) is 6.68. The summed E-state index contributed by atoms with van der Waals surface area (Å²) < 4.78 is 5.76. The third kappa shape index (κ3) is 8.30. The number of hydrogen-bond donors (Lipinski definition) is 2. The van der Waals surface area contributed by atoms with Gasteiger partial charge in [-0.2, -0.15) is 0 Å². The Morgan fingerprint density at radius 3 is 2.12 bits per heavy atom. The molecule has 0 aliphatic carbocycles. The van der Waals surface area contributed by atoms with Crippen LogP contribution < -0.4 is 0 Å². The van der Waals surface area contributed by atoms with Crippen LogP contribution in [-0.2, 0) is 35.7 Å². The number of aromatic amines is 2. The van der Waals surface area contributed by atoms with Crippen LogP contribution in [0, 0.1) is 10.8 Å². The lowest BCUT2D eigenvalue weighted by Crippen LogP contribution is -2.44. The van der Waals surface area contributed by atoms with Crippen LogP contribution >= 0.6 is 0 Å². The first kappa shape index (κ1) is 30.4. The van der Waals surface area contributed by atoms with Gasteiger partial charge in [-0.3, -0.25) is 14.6 Å². The first-order valence-electron chi connectivity index (χ1n) is 15.5. The highest BCUT2D eigenvalue weighted by atomic mass is 16.5. The van der Waals surface area contributed by atoms with E-state index in [9.17, 15) is 4.79 Å². The summed E-state index contributed by atoms with van der Waals surface area (Å²) in [5.74, 6) is 1.80. The van der Waals surface area contributed by atoms with Crippen LogP contribution in [0.5, 0.6) is 0 Å². The lowest BCUT2D eigenvalue weighted by Gasteiger charge is -2.41. The topological polar surface area (TPSA) is 93.4 Å². The summed E-state index contributed by atoms with van der Waals surface area (Å²) in [6, 6.07) is 8.68. The van der Waals surface area contributed by atoms with Crippen molar-refractivity contribution in [2.45, 2.75) is 92.2 Å². The maximum Gasteiger partial charge on any atom is 0.323 e. The number of hydrogen-bond acceptors (Lipinski definition) is 7. The molecule has 0 bridgehead atoms. The second-order valence-electron chi connectivity index (χ2n) is 14.0. The fourth-order valence-corrected chi connectivity index (χ4v) is 6.68. The minimum atomic E-state index is -0.182. The van der Waals surface area contributed by atoms with E-state index in [2.05, 4.69) is 79.7 Å². The average molecular weight is 576 g/mol. The van der Waals surface area contributed by atoms with Crippen LogP contribution in [-0.4, -0.2) is 78.9 Å².